The van der Waals surface area contributed by atoms with Gasteiger partial charge in [-0.1, -0.05) is 36.4 Å². The van der Waals surface area contributed by atoms with E-state index in [9.17, 15) is 14.4 Å². The van der Waals surface area contributed by atoms with Gasteiger partial charge in [0.15, 0.2) is 0 Å². The molecule has 0 atom stereocenters. The van der Waals surface area contributed by atoms with Gasteiger partial charge in [-0.05, 0) is 24.3 Å². The van der Waals surface area contributed by atoms with Crippen molar-refractivity contribution in [2.45, 2.75) is 0 Å². The summed E-state index contributed by atoms with van der Waals surface area (Å²) in [6, 6.07) is 16.6. The summed E-state index contributed by atoms with van der Waals surface area (Å²) in [5.41, 5.74) is 0.701. The Morgan fingerprint density at radius 3 is 1.87 bits per heavy atom. The van der Waals surface area contributed by atoms with E-state index in [-0.39, 0.29) is 18.7 Å². The number of hydrogen-bond acceptors (Lipinski definition) is 5. The highest BCUT2D eigenvalue weighted by Gasteiger charge is 2.12. The van der Waals surface area contributed by atoms with E-state index in [4.69, 9.17) is 4.74 Å². The molecule has 0 bridgehead atoms. The molecule has 0 radical (unpaired) electrons. The first-order chi connectivity index (χ1) is 11.2. The minimum Gasteiger partial charge on any atom is -0.460 e. The van der Waals surface area contributed by atoms with Crippen LogP contribution in [0.15, 0.2) is 60.7 Å². The van der Waals surface area contributed by atoms with E-state index >= 15 is 0 Å². The molecule has 0 aromatic heterocycles. The van der Waals surface area contributed by atoms with Crippen LogP contribution in [0.25, 0.3) is 0 Å². The summed E-state index contributed by atoms with van der Waals surface area (Å²) in [4.78, 5) is 34.7. The average Bonchev–Trinajstić information content (AvgIpc) is 2.60. The van der Waals surface area contributed by atoms with Gasteiger partial charge in [-0.25, -0.2) is 14.4 Å². The number of ether oxygens (including phenoxy) is 2. The van der Waals surface area contributed by atoms with E-state index in [1.165, 1.54) is 12.1 Å². The zero-order chi connectivity index (χ0) is 16.5. The molecule has 0 aliphatic carbocycles. The second-order valence-electron chi connectivity index (χ2n) is 4.47. The van der Waals surface area contributed by atoms with Gasteiger partial charge in [0.1, 0.15) is 6.61 Å². The summed E-state index contributed by atoms with van der Waals surface area (Å²) in [7, 11) is 0. The third-order valence-electron chi connectivity index (χ3n) is 2.81. The van der Waals surface area contributed by atoms with Gasteiger partial charge in [0.25, 0.3) is 0 Å². The monoisotopic (exact) mass is 313 g/mol. The average molecular weight is 313 g/mol. The van der Waals surface area contributed by atoms with Gasteiger partial charge in [0, 0.05) is 0 Å². The minimum absolute atomic E-state index is 0.0254. The Hall–Kier alpha value is -3.15. The summed E-state index contributed by atoms with van der Waals surface area (Å²) in [6.45, 7) is 0.0157. The van der Waals surface area contributed by atoms with Crippen LogP contribution in [-0.4, -0.2) is 31.2 Å². The molecule has 6 heteroatoms. The summed E-state index contributed by atoms with van der Waals surface area (Å²) < 4.78 is 9.57. The van der Waals surface area contributed by atoms with Crippen molar-refractivity contribution in [3.63, 3.8) is 0 Å². The fourth-order valence-corrected chi connectivity index (χ4v) is 1.71. The van der Waals surface area contributed by atoms with Crippen LogP contribution in [0.5, 0.6) is 0 Å². The number of carbonyl (C=O) groups is 3. The van der Waals surface area contributed by atoms with Gasteiger partial charge in [0.2, 0.25) is 0 Å². The molecule has 1 amide bonds. The Kier molecular flexibility index (Phi) is 5.88. The Morgan fingerprint density at radius 2 is 1.30 bits per heavy atom. The molecule has 0 aliphatic heterocycles. The maximum absolute atomic E-state index is 11.6. The number of rotatable bonds is 5. The fourth-order valence-electron chi connectivity index (χ4n) is 1.71. The predicted molar refractivity (Wildman–Crippen MR) is 82.0 cm³/mol. The Balaban J connectivity index is 1.67. The Labute approximate surface area is 133 Å². The van der Waals surface area contributed by atoms with Crippen molar-refractivity contribution in [3.05, 3.63) is 71.8 Å². The van der Waals surface area contributed by atoms with Crippen molar-refractivity contribution < 1.29 is 23.9 Å². The summed E-state index contributed by atoms with van der Waals surface area (Å²) in [5, 5.41) is 2.33. The van der Waals surface area contributed by atoms with Crippen molar-refractivity contribution in [2.24, 2.45) is 0 Å². The molecule has 0 fully saturated rings. The largest absolute Gasteiger partial charge is 0.460 e. The van der Waals surface area contributed by atoms with Crippen molar-refractivity contribution >= 4 is 18.0 Å². The number of esters is 2. The Morgan fingerprint density at radius 1 is 0.783 bits per heavy atom. The molecule has 2 rings (SSSR count). The predicted octanol–water partition coefficient (Wildman–Crippen LogP) is 2.41. The first kappa shape index (κ1) is 16.2. The van der Waals surface area contributed by atoms with Gasteiger partial charge >= 0.3 is 18.0 Å². The lowest BCUT2D eigenvalue weighted by Crippen LogP contribution is -2.30. The first-order valence-electron chi connectivity index (χ1n) is 6.94. The molecule has 0 saturated carbocycles. The van der Waals surface area contributed by atoms with Crippen molar-refractivity contribution in [3.8, 4) is 0 Å². The van der Waals surface area contributed by atoms with Gasteiger partial charge in [0.05, 0.1) is 17.7 Å². The van der Waals surface area contributed by atoms with Crippen LogP contribution in [0, 0.1) is 0 Å². The molecule has 23 heavy (non-hydrogen) atoms. The van der Waals surface area contributed by atoms with Gasteiger partial charge in [-0.2, -0.15) is 0 Å². The number of alkyl carbamates (subject to hydrolysis) is 1. The highest BCUT2D eigenvalue weighted by atomic mass is 16.6. The van der Waals surface area contributed by atoms with Crippen molar-refractivity contribution in [1.82, 2.24) is 5.32 Å². The van der Waals surface area contributed by atoms with E-state index in [0.29, 0.717) is 5.56 Å². The van der Waals surface area contributed by atoms with Crippen molar-refractivity contribution in [2.75, 3.05) is 13.2 Å². The highest BCUT2D eigenvalue weighted by Crippen LogP contribution is 2.02. The van der Waals surface area contributed by atoms with Crippen LogP contribution >= 0.6 is 0 Å². The van der Waals surface area contributed by atoms with E-state index in [2.05, 4.69) is 10.1 Å². The third-order valence-corrected chi connectivity index (χ3v) is 2.81. The van der Waals surface area contributed by atoms with Crippen LogP contribution in [0.3, 0.4) is 0 Å². The van der Waals surface area contributed by atoms with Crippen LogP contribution in [-0.2, 0) is 9.47 Å². The van der Waals surface area contributed by atoms with Crippen LogP contribution < -0.4 is 5.32 Å². The lowest BCUT2D eigenvalue weighted by atomic mass is 10.2. The summed E-state index contributed by atoms with van der Waals surface area (Å²) >= 11 is 0. The first-order valence-corrected chi connectivity index (χ1v) is 6.94. The number of benzene rings is 2. The summed E-state index contributed by atoms with van der Waals surface area (Å²) in [5.74, 6) is -1.23. The number of carbonyl (C=O) groups excluding carboxylic acids is 3. The second kappa shape index (κ2) is 8.33. The second-order valence-corrected chi connectivity index (χ2v) is 4.47. The molecule has 1 N–H and O–H groups in total. The number of amides is 1. The zero-order valence-electron chi connectivity index (χ0n) is 12.2. The molecule has 118 valence electrons. The normalized spacial score (nSPS) is 9.74. The lowest BCUT2D eigenvalue weighted by Gasteiger charge is -2.07. The lowest BCUT2D eigenvalue weighted by molar-refractivity contribution is 0.0493. The smallest absolute Gasteiger partial charge is 0.415 e. The summed E-state index contributed by atoms with van der Waals surface area (Å²) in [6.07, 6.45) is -0.894. The quantitative estimate of drug-likeness (QED) is 0.521. The Bertz CT molecular complexity index is 670. The highest BCUT2D eigenvalue weighted by molar-refractivity contribution is 5.96. The molecule has 6 nitrogen and oxygen atoms in total. The molecule has 0 spiro atoms. The van der Waals surface area contributed by atoms with E-state index < -0.39 is 18.0 Å². The molecule has 0 saturated heterocycles. The molecule has 0 aliphatic rings. The molecule has 0 heterocycles. The number of nitrogens with one attached hydrogen (secondary N) is 1. The zero-order valence-corrected chi connectivity index (χ0v) is 12.2. The van der Waals surface area contributed by atoms with Crippen LogP contribution in [0.1, 0.15) is 20.7 Å². The van der Waals surface area contributed by atoms with Crippen LogP contribution in [0.4, 0.5) is 4.79 Å². The molecular formula is C17H15NO5. The van der Waals surface area contributed by atoms with Crippen molar-refractivity contribution in [1.29, 1.82) is 0 Å². The van der Waals surface area contributed by atoms with E-state index in [1.807, 2.05) is 0 Å². The number of hydrogen-bond donors (Lipinski definition) is 1. The van der Waals surface area contributed by atoms with E-state index in [1.54, 1.807) is 48.5 Å². The topological polar surface area (TPSA) is 81.7 Å². The fraction of sp³-hybridized carbons (Fsp3) is 0.118. The molecular weight excluding hydrogens is 298 g/mol. The van der Waals surface area contributed by atoms with E-state index in [0.717, 1.165) is 0 Å². The SMILES string of the molecule is O=C(NCCOC(=O)c1ccccc1)OC(=O)c1ccccc1. The molecule has 2 aromatic carbocycles. The van der Waals surface area contributed by atoms with Gasteiger partial charge in [-0.15, -0.1) is 0 Å². The van der Waals surface area contributed by atoms with Crippen LogP contribution in [0.2, 0.25) is 0 Å². The maximum atomic E-state index is 11.6. The maximum Gasteiger partial charge on any atom is 0.415 e. The van der Waals surface area contributed by atoms with Gasteiger partial charge < -0.3 is 14.8 Å². The molecule has 2 aromatic rings. The minimum atomic E-state index is -0.894. The molecule has 0 unspecified atom stereocenters. The standard InChI is InChI=1S/C17H15NO5/c19-15(13-7-3-1-4-8-13)22-12-11-18-17(21)23-16(20)14-9-5-2-6-10-14/h1-10H,11-12H2,(H,18,21). The van der Waals surface area contributed by atoms with Gasteiger partial charge in [-0.3, -0.25) is 0 Å². The third kappa shape index (κ3) is 5.28.